The number of aliphatic hydroxyl groups is 1. The SMILES string of the molecule is C[C@H]1CCN(C(=O)c2ccc(-c3ccc4[nH]ccc4c3)c(OCCCN3CCC(O)CC3)c2)c2ccccc2N1. The highest BCUT2D eigenvalue weighted by Crippen LogP contribution is 2.35. The molecule has 7 heteroatoms. The molecule has 0 saturated carbocycles. The van der Waals surface area contributed by atoms with E-state index in [1.54, 1.807) is 0 Å². The summed E-state index contributed by atoms with van der Waals surface area (Å²) < 4.78 is 6.42. The number of rotatable bonds is 7. The van der Waals surface area contributed by atoms with Gasteiger partial charge < -0.3 is 29.9 Å². The summed E-state index contributed by atoms with van der Waals surface area (Å²) in [6.07, 6.45) is 5.21. The summed E-state index contributed by atoms with van der Waals surface area (Å²) in [6.45, 7) is 6.15. The van der Waals surface area contributed by atoms with E-state index in [2.05, 4.69) is 46.4 Å². The largest absolute Gasteiger partial charge is 0.493 e. The van der Waals surface area contributed by atoms with Gasteiger partial charge in [-0.2, -0.15) is 0 Å². The predicted octanol–water partition coefficient (Wildman–Crippen LogP) is 5.91. The lowest BCUT2D eigenvalue weighted by Crippen LogP contribution is -2.36. The molecule has 3 heterocycles. The Morgan fingerprint density at radius 2 is 1.85 bits per heavy atom. The lowest BCUT2D eigenvalue weighted by atomic mass is 10.0. The van der Waals surface area contributed by atoms with E-state index >= 15 is 0 Å². The number of likely N-dealkylation sites (tertiary alicyclic amines) is 1. The number of hydrogen-bond donors (Lipinski definition) is 3. The third-order valence-corrected chi connectivity index (χ3v) is 8.15. The fourth-order valence-electron chi connectivity index (χ4n) is 5.83. The van der Waals surface area contributed by atoms with Crippen LogP contribution in [0.2, 0.25) is 0 Å². The average molecular weight is 539 g/mol. The van der Waals surface area contributed by atoms with Crippen molar-refractivity contribution >= 4 is 28.2 Å². The third kappa shape index (κ3) is 5.71. The Hall–Kier alpha value is -3.81. The summed E-state index contributed by atoms with van der Waals surface area (Å²) in [7, 11) is 0. The highest BCUT2D eigenvalue weighted by Gasteiger charge is 2.25. The van der Waals surface area contributed by atoms with Crippen LogP contribution in [0.1, 0.15) is 43.0 Å². The topological polar surface area (TPSA) is 80.8 Å². The summed E-state index contributed by atoms with van der Waals surface area (Å²) in [5.74, 6) is 0.706. The number of nitrogens with zero attached hydrogens (tertiary/aromatic N) is 2. The first-order valence-electron chi connectivity index (χ1n) is 14.5. The van der Waals surface area contributed by atoms with Gasteiger partial charge in [0.1, 0.15) is 5.75 Å². The summed E-state index contributed by atoms with van der Waals surface area (Å²) >= 11 is 0. The first-order chi connectivity index (χ1) is 19.5. The number of anilines is 2. The number of aromatic amines is 1. The van der Waals surface area contributed by atoms with Crippen molar-refractivity contribution in [3.63, 3.8) is 0 Å². The standard InChI is InChI=1S/C33H38N4O3/c1-23-12-19-37(31-6-3-2-5-30(31)35-23)33(39)26-7-9-28(24-8-10-29-25(21-24)11-15-34-29)32(22-26)40-20-4-16-36-17-13-27(38)14-18-36/h2-3,5-11,15,21-23,27,34-35,38H,4,12-14,16-20H2,1H3/t23-/m0/s1. The number of carbonyl (C=O) groups excluding carboxylic acids is 1. The fraction of sp³-hybridized carbons (Fsp3) is 0.364. The molecule has 1 aromatic heterocycles. The fourth-order valence-corrected chi connectivity index (χ4v) is 5.83. The maximum absolute atomic E-state index is 13.9. The second-order valence-corrected chi connectivity index (χ2v) is 11.1. The second-order valence-electron chi connectivity index (χ2n) is 11.1. The molecule has 4 aromatic rings. The molecule has 3 aromatic carbocycles. The maximum Gasteiger partial charge on any atom is 0.258 e. The average Bonchev–Trinajstić information content (AvgIpc) is 3.38. The van der Waals surface area contributed by atoms with E-state index in [1.165, 1.54) is 0 Å². The van der Waals surface area contributed by atoms with Gasteiger partial charge in [0.05, 0.1) is 24.1 Å². The number of amides is 1. The number of benzene rings is 3. The van der Waals surface area contributed by atoms with Crippen molar-refractivity contribution in [3.05, 3.63) is 78.5 Å². The number of nitrogens with one attached hydrogen (secondary N) is 2. The Labute approximate surface area is 235 Å². The van der Waals surface area contributed by atoms with Crippen molar-refractivity contribution in [2.45, 2.75) is 44.8 Å². The zero-order valence-corrected chi connectivity index (χ0v) is 23.1. The first kappa shape index (κ1) is 26.4. The minimum atomic E-state index is -0.164. The molecule has 0 unspecified atom stereocenters. The minimum absolute atomic E-state index is 0.0206. The van der Waals surface area contributed by atoms with Crippen molar-refractivity contribution < 1.29 is 14.6 Å². The zero-order valence-electron chi connectivity index (χ0n) is 23.1. The van der Waals surface area contributed by atoms with Gasteiger partial charge in [0.25, 0.3) is 5.91 Å². The highest BCUT2D eigenvalue weighted by atomic mass is 16.5. The molecule has 0 aliphatic carbocycles. The van der Waals surface area contributed by atoms with Crippen LogP contribution in [0.25, 0.3) is 22.0 Å². The van der Waals surface area contributed by atoms with E-state index in [9.17, 15) is 9.90 Å². The smallest absolute Gasteiger partial charge is 0.258 e. The number of ether oxygens (including phenoxy) is 1. The number of aromatic nitrogens is 1. The molecule has 0 bridgehead atoms. The van der Waals surface area contributed by atoms with Crippen molar-refractivity contribution in [3.8, 4) is 16.9 Å². The van der Waals surface area contributed by atoms with Crippen LogP contribution in [0.3, 0.4) is 0 Å². The predicted molar refractivity (Wildman–Crippen MR) is 161 cm³/mol. The van der Waals surface area contributed by atoms with Gasteiger partial charge in [0, 0.05) is 55.1 Å². The molecule has 1 saturated heterocycles. The van der Waals surface area contributed by atoms with Gasteiger partial charge in [-0.15, -0.1) is 0 Å². The van der Waals surface area contributed by atoms with E-state index in [0.29, 0.717) is 18.7 Å². The number of piperidine rings is 1. The summed E-state index contributed by atoms with van der Waals surface area (Å²) in [5.41, 5.74) is 5.65. The van der Waals surface area contributed by atoms with Gasteiger partial charge in [0.2, 0.25) is 0 Å². The molecule has 0 spiro atoms. The van der Waals surface area contributed by atoms with E-state index in [0.717, 1.165) is 84.5 Å². The first-order valence-corrected chi connectivity index (χ1v) is 14.5. The van der Waals surface area contributed by atoms with Crippen LogP contribution in [-0.2, 0) is 0 Å². The van der Waals surface area contributed by atoms with Crippen LogP contribution in [0.5, 0.6) is 5.75 Å². The van der Waals surface area contributed by atoms with Gasteiger partial charge in [-0.05, 0) is 92.1 Å². The number of para-hydroxylation sites is 2. The Bertz CT molecular complexity index is 1470. The molecule has 3 N–H and O–H groups in total. The molecule has 1 amide bonds. The van der Waals surface area contributed by atoms with Crippen molar-refractivity contribution in [2.75, 3.05) is 43.0 Å². The van der Waals surface area contributed by atoms with Gasteiger partial charge in [-0.3, -0.25) is 4.79 Å². The van der Waals surface area contributed by atoms with Crippen LogP contribution in [-0.4, -0.2) is 65.8 Å². The molecular formula is C33H38N4O3. The Balaban J connectivity index is 1.26. The van der Waals surface area contributed by atoms with Crippen LogP contribution >= 0.6 is 0 Å². The number of hydrogen-bond acceptors (Lipinski definition) is 5. The van der Waals surface area contributed by atoms with Gasteiger partial charge in [0.15, 0.2) is 0 Å². The maximum atomic E-state index is 13.9. The van der Waals surface area contributed by atoms with Crippen LogP contribution in [0, 0.1) is 0 Å². The molecule has 40 heavy (non-hydrogen) atoms. The minimum Gasteiger partial charge on any atom is -0.493 e. The van der Waals surface area contributed by atoms with Gasteiger partial charge >= 0.3 is 0 Å². The molecule has 208 valence electrons. The number of fused-ring (bicyclic) bond motifs is 2. The Morgan fingerprint density at radius 1 is 1.00 bits per heavy atom. The van der Waals surface area contributed by atoms with Crippen molar-refractivity contribution in [2.24, 2.45) is 0 Å². The summed E-state index contributed by atoms with van der Waals surface area (Å²) in [4.78, 5) is 21.5. The summed E-state index contributed by atoms with van der Waals surface area (Å²) in [6, 6.07) is 22.6. The highest BCUT2D eigenvalue weighted by molar-refractivity contribution is 6.08. The van der Waals surface area contributed by atoms with Gasteiger partial charge in [-0.25, -0.2) is 0 Å². The molecule has 1 atom stereocenters. The molecule has 0 radical (unpaired) electrons. The van der Waals surface area contributed by atoms with E-state index < -0.39 is 0 Å². The number of H-pyrrole nitrogens is 1. The van der Waals surface area contributed by atoms with E-state index in [4.69, 9.17) is 4.74 Å². The zero-order chi connectivity index (χ0) is 27.5. The number of aliphatic hydroxyl groups excluding tert-OH is 1. The van der Waals surface area contributed by atoms with Crippen LogP contribution < -0.4 is 15.0 Å². The third-order valence-electron chi connectivity index (χ3n) is 8.15. The van der Waals surface area contributed by atoms with Crippen LogP contribution in [0.4, 0.5) is 11.4 Å². The second kappa shape index (κ2) is 11.7. The van der Waals surface area contributed by atoms with E-state index in [1.807, 2.05) is 53.6 Å². The van der Waals surface area contributed by atoms with Crippen molar-refractivity contribution in [1.82, 2.24) is 9.88 Å². The normalized spacial score (nSPS) is 18.2. The Morgan fingerprint density at radius 3 is 2.73 bits per heavy atom. The molecule has 6 rings (SSSR count). The molecular weight excluding hydrogens is 500 g/mol. The molecule has 7 nitrogen and oxygen atoms in total. The quantitative estimate of drug-likeness (QED) is 0.255. The van der Waals surface area contributed by atoms with E-state index in [-0.39, 0.29) is 18.1 Å². The van der Waals surface area contributed by atoms with Gasteiger partial charge in [-0.1, -0.05) is 18.2 Å². The van der Waals surface area contributed by atoms with Crippen LogP contribution in [0.15, 0.2) is 72.9 Å². The molecule has 1 fully saturated rings. The summed E-state index contributed by atoms with van der Waals surface area (Å²) in [5, 5.41) is 14.5. The Kier molecular flexibility index (Phi) is 7.75. The molecule has 2 aliphatic heterocycles. The van der Waals surface area contributed by atoms with Crippen molar-refractivity contribution in [1.29, 1.82) is 0 Å². The monoisotopic (exact) mass is 538 g/mol. The number of carbonyl (C=O) groups is 1. The molecule has 2 aliphatic rings. The lowest BCUT2D eigenvalue weighted by molar-refractivity contribution is 0.0800. The lowest BCUT2D eigenvalue weighted by Gasteiger charge is -2.29.